The number of carbonyl (C=O) groups is 2. The van der Waals surface area contributed by atoms with Crippen molar-refractivity contribution in [3.63, 3.8) is 0 Å². The summed E-state index contributed by atoms with van der Waals surface area (Å²) in [5.41, 5.74) is 0. The normalized spacial score (nSPS) is 14.2. The number of aliphatic hydroxyl groups is 2. The van der Waals surface area contributed by atoms with Crippen LogP contribution in [0.15, 0.2) is 109 Å². The second-order valence-corrected chi connectivity index (χ2v) is 16.5. The second kappa shape index (κ2) is 48.6. The first-order valence-corrected chi connectivity index (χ1v) is 25.2. The standard InChI is InChI=1S/C56H93NO5/c1-4-7-10-13-16-19-22-24-25-26-27-28-29-31-34-37-40-43-46-49-56(61)62-52(47-44-41-38-35-32-21-18-15-12-9-6-3)50-55(60)57-53(51-58)54(59)48-45-42-39-36-33-30-23-20-17-14-11-8-5-2/h7,9-10,12,15-16,18-19,21,24-25,27-28,31-32,34-35,38,52-54,58-59H,4-6,8,11,13-14,17,20,22-23,26,29-30,33,36-37,39-51H2,1-3H3,(H,57,60)/b10-7-,12-9+,18-15+,19-16-,25-24-,28-27-,32-21-,34-31-,38-35-. The van der Waals surface area contributed by atoms with Gasteiger partial charge in [-0.1, -0.05) is 220 Å². The van der Waals surface area contributed by atoms with Crippen molar-refractivity contribution in [2.45, 2.75) is 225 Å². The molecule has 0 saturated heterocycles. The van der Waals surface area contributed by atoms with E-state index in [1.165, 1.54) is 64.2 Å². The highest BCUT2D eigenvalue weighted by Gasteiger charge is 2.24. The molecule has 0 spiro atoms. The topological polar surface area (TPSA) is 95.9 Å². The Morgan fingerprint density at radius 2 is 0.968 bits per heavy atom. The molecule has 0 rings (SSSR count). The van der Waals surface area contributed by atoms with Crippen LogP contribution in [-0.4, -0.2) is 46.9 Å². The van der Waals surface area contributed by atoms with E-state index in [4.69, 9.17) is 4.74 Å². The summed E-state index contributed by atoms with van der Waals surface area (Å²) in [7, 11) is 0. The molecule has 6 heteroatoms. The number of hydrogen-bond donors (Lipinski definition) is 3. The lowest BCUT2D eigenvalue weighted by molar-refractivity contribution is -0.151. The molecule has 3 atom stereocenters. The zero-order valence-corrected chi connectivity index (χ0v) is 40.0. The zero-order valence-electron chi connectivity index (χ0n) is 40.0. The van der Waals surface area contributed by atoms with Gasteiger partial charge in [0.15, 0.2) is 0 Å². The Hall–Kier alpha value is -3.48. The van der Waals surface area contributed by atoms with E-state index in [0.29, 0.717) is 19.3 Å². The molecule has 3 N–H and O–H groups in total. The van der Waals surface area contributed by atoms with Crippen LogP contribution in [0.1, 0.15) is 207 Å². The van der Waals surface area contributed by atoms with Crippen LogP contribution in [0.25, 0.3) is 0 Å². The van der Waals surface area contributed by atoms with E-state index in [0.717, 1.165) is 96.3 Å². The number of amides is 1. The molecule has 6 nitrogen and oxygen atoms in total. The SMILES string of the molecule is CC/C=C\C/C=C\C/C=C\C/C=C\C/C=C\CCCCCC(=O)OC(CCC\C=C/C=C\C=C\C=C\CC)CC(=O)NC(CO)C(O)CCCCCCCCCCCCCCC. The minimum Gasteiger partial charge on any atom is -0.462 e. The Labute approximate surface area is 381 Å². The van der Waals surface area contributed by atoms with Crippen molar-refractivity contribution in [2.75, 3.05) is 6.61 Å². The van der Waals surface area contributed by atoms with E-state index in [9.17, 15) is 19.8 Å². The molecule has 0 aliphatic rings. The third kappa shape index (κ3) is 43.2. The van der Waals surface area contributed by atoms with Crippen molar-refractivity contribution in [1.82, 2.24) is 5.32 Å². The fourth-order valence-corrected chi connectivity index (χ4v) is 6.94. The summed E-state index contributed by atoms with van der Waals surface area (Å²) >= 11 is 0. The zero-order chi connectivity index (χ0) is 45.2. The van der Waals surface area contributed by atoms with Crippen LogP contribution in [0.3, 0.4) is 0 Å². The highest BCUT2D eigenvalue weighted by Crippen LogP contribution is 2.16. The lowest BCUT2D eigenvalue weighted by Crippen LogP contribution is -2.46. The van der Waals surface area contributed by atoms with Gasteiger partial charge in [-0.05, 0) is 83.5 Å². The van der Waals surface area contributed by atoms with Gasteiger partial charge in [0, 0.05) is 6.42 Å². The van der Waals surface area contributed by atoms with Crippen LogP contribution >= 0.6 is 0 Å². The number of rotatable bonds is 43. The van der Waals surface area contributed by atoms with Gasteiger partial charge >= 0.3 is 5.97 Å². The molecule has 0 heterocycles. The maximum absolute atomic E-state index is 13.2. The minimum atomic E-state index is -0.817. The summed E-state index contributed by atoms with van der Waals surface area (Å²) < 4.78 is 5.87. The number of ether oxygens (including phenoxy) is 1. The maximum Gasteiger partial charge on any atom is 0.306 e. The molecule has 0 aliphatic carbocycles. The molecule has 352 valence electrons. The Kier molecular flexibility index (Phi) is 45.8. The van der Waals surface area contributed by atoms with Gasteiger partial charge in [-0.15, -0.1) is 0 Å². The molecule has 0 radical (unpaired) electrons. The van der Waals surface area contributed by atoms with Crippen LogP contribution < -0.4 is 5.32 Å². The molecule has 0 saturated carbocycles. The average Bonchev–Trinajstić information content (AvgIpc) is 3.26. The van der Waals surface area contributed by atoms with Gasteiger partial charge in [-0.25, -0.2) is 0 Å². The van der Waals surface area contributed by atoms with Crippen LogP contribution in [0.5, 0.6) is 0 Å². The molecular formula is C56H93NO5. The summed E-state index contributed by atoms with van der Waals surface area (Å²) in [6, 6.07) is -0.736. The Morgan fingerprint density at radius 3 is 1.52 bits per heavy atom. The molecular weight excluding hydrogens is 767 g/mol. The third-order valence-corrected chi connectivity index (χ3v) is 10.7. The molecule has 0 aromatic rings. The quantitative estimate of drug-likeness (QED) is 0.0246. The van der Waals surface area contributed by atoms with Crippen molar-refractivity contribution in [3.8, 4) is 0 Å². The second-order valence-electron chi connectivity index (χ2n) is 16.5. The smallest absolute Gasteiger partial charge is 0.306 e. The average molecular weight is 860 g/mol. The van der Waals surface area contributed by atoms with E-state index < -0.39 is 18.2 Å². The monoisotopic (exact) mass is 860 g/mol. The van der Waals surface area contributed by atoms with E-state index in [-0.39, 0.29) is 24.9 Å². The summed E-state index contributed by atoms with van der Waals surface area (Å²) in [5.74, 6) is -0.591. The molecule has 0 fully saturated rings. The van der Waals surface area contributed by atoms with Crippen LogP contribution in [0.4, 0.5) is 0 Å². The predicted molar refractivity (Wildman–Crippen MR) is 268 cm³/mol. The van der Waals surface area contributed by atoms with Gasteiger partial charge in [0.05, 0.1) is 25.2 Å². The van der Waals surface area contributed by atoms with Gasteiger partial charge in [-0.3, -0.25) is 9.59 Å². The van der Waals surface area contributed by atoms with Crippen LogP contribution in [0.2, 0.25) is 0 Å². The van der Waals surface area contributed by atoms with Crippen LogP contribution in [-0.2, 0) is 14.3 Å². The Bertz CT molecular complexity index is 1280. The van der Waals surface area contributed by atoms with Gasteiger partial charge in [0.1, 0.15) is 6.10 Å². The number of carbonyl (C=O) groups excluding carboxylic acids is 2. The van der Waals surface area contributed by atoms with E-state index in [1.807, 2.05) is 36.5 Å². The fraction of sp³-hybridized carbons (Fsp3) is 0.643. The summed E-state index contributed by atoms with van der Waals surface area (Å²) in [6.07, 6.45) is 65.8. The van der Waals surface area contributed by atoms with Crippen molar-refractivity contribution in [2.24, 2.45) is 0 Å². The molecule has 0 aromatic heterocycles. The number of unbranched alkanes of at least 4 members (excludes halogenated alkanes) is 16. The van der Waals surface area contributed by atoms with Crippen molar-refractivity contribution < 1.29 is 24.5 Å². The van der Waals surface area contributed by atoms with Gasteiger partial charge < -0.3 is 20.3 Å². The molecule has 0 bridgehead atoms. The van der Waals surface area contributed by atoms with Crippen molar-refractivity contribution >= 4 is 11.9 Å². The molecule has 3 unspecified atom stereocenters. The highest BCUT2D eigenvalue weighted by atomic mass is 16.5. The Balaban J connectivity index is 4.67. The molecule has 62 heavy (non-hydrogen) atoms. The lowest BCUT2D eigenvalue weighted by atomic mass is 10.0. The van der Waals surface area contributed by atoms with E-state index in [2.05, 4.69) is 99.0 Å². The van der Waals surface area contributed by atoms with Crippen molar-refractivity contribution in [1.29, 1.82) is 0 Å². The fourth-order valence-electron chi connectivity index (χ4n) is 6.94. The number of nitrogens with one attached hydrogen (secondary N) is 1. The molecule has 0 aromatic carbocycles. The minimum absolute atomic E-state index is 0.0114. The third-order valence-electron chi connectivity index (χ3n) is 10.7. The van der Waals surface area contributed by atoms with Gasteiger partial charge in [-0.2, -0.15) is 0 Å². The van der Waals surface area contributed by atoms with Gasteiger partial charge in [0.2, 0.25) is 5.91 Å². The number of hydrogen-bond acceptors (Lipinski definition) is 5. The van der Waals surface area contributed by atoms with E-state index in [1.54, 1.807) is 0 Å². The largest absolute Gasteiger partial charge is 0.462 e. The first-order chi connectivity index (χ1) is 30.5. The summed E-state index contributed by atoms with van der Waals surface area (Å²) in [5, 5.41) is 23.7. The molecule has 0 aliphatic heterocycles. The molecule has 1 amide bonds. The first kappa shape index (κ1) is 58.5. The van der Waals surface area contributed by atoms with Gasteiger partial charge in [0.25, 0.3) is 0 Å². The maximum atomic E-state index is 13.2. The first-order valence-electron chi connectivity index (χ1n) is 25.2. The highest BCUT2D eigenvalue weighted by molar-refractivity contribution is 5.77. The Morgan fingerprint density at radius 1 is 0.500 bits per heavy atom. The number of esters is 1. The number of aliphatic hydroxyl groups excluding tert-OH is 2. The lowest BCUT2D eigenvalue weighted by Gasteiger charge is -2.24. The number of allylic oxidation sites excluding steroid dienone is 18. The van der Waals surface area contributed by atoms with Crippen molar-refractivity contribution in [3.05, 3.63) is 109 Å². The van der Waals surface area contributed by atoms with E-state index >= 15 is 0 Å². The summed E-state index contributed by atoms with van der Waals surface area (Å²) in [6.45, 7) is 6.18. The summed E-state index contributed by atoms with van der Waals surface area (Å²) in [4.78, 5) is 26.1. The predicted octanol–water partition coefficient (Wildman–Crippen LogP) is 15.1. The van der Waals surface area contributed by atoms with Crippen LogP contribution in [0, 0.1) is 0 Å².